The molecule has 1 heterocycles. The molecule has 2 aromatic rings. The van der Waals surface area contributed by atoms with E-state index in [-0.39, 0.29) is 18.0 Å². The number of nitrogens with one attached hydrogen (secondary N) is 1. The molecule has 1 amide bonds. The van der Waals surface area contributed by atoms with Crippen molar-refractivity contribution >= 4 is 23.2 Å². The smallest absolute Gasteiger partial charge is 0.243 e. The third-order valence-electron chi connectivity index (χ3n) is 4.37. The summed E-state index contributed by atoms with van der Waals surface area (Å²) in [5.74, 6) is 0.0683. The third-order valence-corrected chi connectivity index (χ3v) is 4.72. The molecule has 0 saturated carbocycles. The fraction of sp³-hybridized carbons (Fsp3) is 0.316. The van der Waals surface area contributed by atoms with Crippen molar-refractivity contribution < 1.29 is 4.79 Å². The van der Waals surface area contributed by atoms with Gasteiger partial charge in [-0.1, -0.05) is 48.0 Å². The van der Waals surface area contributed by atoms with Crippen LogP contribution in [0.1, 0.15) is 31.4 Å². The number of hydrogen-bond donors (Lipinski definition) is 1. The van der Waals surface area contributed by atoms with Crippen LogP contribution in [0, 0.1) is 0 Å². The second-order valence-electron chi connectivity index (χ2n) is 5.94. The van der Waals surface area contributed by atoms with Crippen LogP contribution in [0.3, 0.4) is 0 Å². The number of nitrogens with zero attached hydrogens (tertiary/aromatic N) is 1. The van der Waals surface area contributed by atoms with Gasteiger partial charge in [0.2, 0.25) is 5.91 Å². The lowest BCUT2D eigenvalue weighted by atomic mass is 10.1. The van der Waals surface area contributed by atoms with Gasteiger partial charge < -0.3 is 10.2 Å². The van der Waals surface area contributed by atoms with Gasteiger partial charge in [-0.05, 0) is 43.5 Å². The average Bonchev–Trinajstić information content (AvgIpc) is 3.05. The summed E-state index contributed by atoms with van der Waals surface area (Å²) in [4.78, 5) is 14.9. The molecule has 3 nitrogen and oxygen atoms in total. The Morgan fingerprint density at radius 3 is 2.61 bits per heavy atom. The van der Waals surface area contributed by atoms with E-state index in [1.54, 1.807) is 0 Å². The Morgan fingerprint density at radius 2 is 1.87 bits per heavy atom. The molecule has 3 rings (SSSR count). The zero-order chi connectivity index (χ0) is 16.2. The molecular formula is C19H21ClN2O. The maximum atomic E-state index is 12.7. The molecule has 0 aromatic heterocycles. The van der Waals surface area contributed by atoms with Gasteiger partial charge in [-0.2, -0.15) is 0 Å². The number of halogens is 1. The van der Waals surface area contributed by atoms with E-state index >= 15 is 0 Å². The molecule has 1 saturated heterocycles. The van der Waals surface area contributed by atoms with E-state index in [1.807, 2.05) is 49.4 Å². The van der Waals surface area contributed by atoms with Crippen LogP contribution in [0.25, 0.3) is 0 Å². The Kier molecular flexibility index (Phi) is 4.87. The van der Waals surface area contributed by atoms with Crippen molar-refractivity contribution in [3.63, 3.8) is 0 Å². The van der Waals surface area contributed by atoms with E-state index in [0.717, 1.165) is 30.6 Å². The van der Waals surface area contributed by atoms with Gasteiger partial charge in [0.25, 0.3) is 0 Å². The predicted octanol–water partition coefficient (Wildman–Crippen LogP) is 4.19. The molecule has 0 spiro atoms. The summed E-state index contributed by atoms with van der Waals surface area (Å²) < 4.78 is 0. The highest BCUT2D eigenvalue weighted by atomic mass is 35.5. The molecule has 23 heavy (non-hydrogen) atoms. The van der Waals surface area contributed by atoms with E-state index in [9.17, 15) is 4.79 Å². The second kappa shape index (κ2) is 7.05. The summed E-state index contributed by atoms with van der Waals surface area (Å²) in [5.41, 5.74) is 2.06. The van der Waals surface area contributed by atoms with E-state index in [4.69, 9.17) is 11.6 Å². The molecule has 0 aliphatic carbocycles. The van der Waals surface area contributed by atoms with Gasteiger partial charge in [0.1, 0.15) is 6.04 Å². The van der Waals surface area contributed by atoms with Crippen LogP contribution in [0.5, 0.6) is 0 Å². The van der Waals surface area contributed by atoms with Gasteiger partial charge in [0.15, 0.2) is 0 Å². The Hall–Kier alpha value is -2.00. The molecule has 1 N–H and O–H groups in total. The topological polar surface area (TPSA) is 32.3 Å². The number of hydrogen-bond acceptors (Lipinski definition) is 2. The molecule has 1 aliphatic heterocycles. The van der Waals surface area contributed by atoms with Crippen LogP contribution in [-0.2, 0) is 4.79 Å². The van der Waals surface area contributed by atoms with Gasteiger partial charge in [-0.25, -0.2) is 0 Å². The van der Waals surface area contributed by atoms with Crippen molar-refractivity contribution in [2.75, 3.05) is 11.4 Å². The van der Waals surface area contributed by atoms with Crippen LogP contribution in [0.2, 0.25) is 5.02 Å². The zero-order valence-corrected chi connectivity index (χ0v) is 14.0. The van der Waals surface area contributed by atoms with Crippen molar-refractivity contribution in [2.24, 2.45) is 0 Å². The maximum Gasteiger partial charge on any atom is 0.243 e. The van der Waals surface area contributed by atoms with Crippen LogP contribution >= 0.6 is 11.6 Å². The highest BCUT2D eigenvalue weighted by Gasteiger charge is 2.31. The number of para-hydroxylation sites is 1. The Balaban J connectivity index is 1.71. The van der Waals surface area contributed by atoms with Gasteiger partial charge in [-0.15, -0.1) is 0 Å². The van der Waals surface area contributed by atoms with E-state index < -0.39 is 0 Å². The molecule has 0 bridgehead atoms. The lowest BCUT2D eigenvalue weighted by Crippen LogP contribution is -2.44. The summed E-state index contributed by atoms with van der Waals surface area (Å²) >= 11 is 6.23. The maximum absolute atomic E-state index is 12.7. The van der Waals surface area contributed by atoms with E-state index in [1.165, 1.54) is 0 Å². The number of rotatable bonds is 4. The first-order valence-corrected chi connectivity index (χ1v) is 8.41. The highest BCUT2D eigenvalue weighted by Crippen LogP contribution is 2.27. The molecule has 120 valence electrons. The highest BCUT2D eigenvalue weighted by molar-refractivity contribution is 6.31. The lowest BCUT2D eigenvalue weighted by Gasteiger charge is -2.27. The van der Waals surface area contributed by atoms with Crippen LogP contribution in [0.4, 0.5) is 5.69 Å². The third kappa shape index (κ3) is 3.50. The molecule has 1 fully saturated rings. The van der Waals surface area contributed by atoms with Crippen LogP contribution in [0.15, 0.2) is 54.6 Å². The fourth-order valence-electron chi connectivity index (χ4n) is 3.18. The van der Waals surface area contributed by atoms with Crippen molar-refractivity contribution in [3.05, 3.63) is 65.2 Å². The van der Waals surface area contributed by atoms with Gasteiger partial charge >= 0.3 is 0 Å². The standard InChI is InChI=1S/C19H21ClN2O/c1-14(16-10-5-6-11-17(16)20)21-19(23)18-12-7-13-22(18)15-8-3-2-4-9-15/h2-6,8-11,14,18H,7,12-13H2,1H3,(H,21,23)/t14-,18-/m1/s1. The van der Waals surface area contributed by atoms with Gasteiger partial charge in [0, 0.05) is 17.3 Å². The lowest BCUT2D eigenvalue weighted by molar-refractivity contribution is -0.122. The number of anilines is 1. The molecule has 2 aromatic carbocycles. The Morgan fingerprint density at radius 1 is 1.17 bits per heavy atom. The summed E-state index contributed by atoms with van der Waals surface area (Å²) in [6.07, 6.45) is 1.92. The van der Waals surface area contributed by atoms with Gasteiger partial charge in [0.05, 0.1) is 6.04 Å². The monoisotopic (exact) mass is 328 g/mol. The number of benzene rings is 2. The Labute approximate surface area is 142 Å². The average molecular weight is 329 g/mol. The van der Waals surface area contributed by atoms with Crippen molar-refractivity contribution in [2.45, 2.75) is 31.8 Å². The predicted molar refractivity (Wildman–Crippen MR) is 94.8 cm³/mol. The first kappa shape index (κ1) is 15.9. The summed E-state index contributed by atoms with van der Waals surface area (Å²) in [6.45, 7) is 2.89. The van der Waals surface area contributed by atoms with Crippen LogP contribution < -0.4 is 10.2 Å². The second-order valence-corrected chi connectivity index (χ2v) is 6.35. The number of carbonyl (C=O) groups is 1. The minimum absolute atomic E-state index is 0.0683. The van der Waals surface area contributed by atoms with Crippen molar-refractivity contribution in [1.29, 1.82) is 0 Å². The molecule has 0 unspecified atom stereocenters. The SMILES string of the molecule is C[C@@H](NC(=O)[C@H]1CCCN1c1ccccc1)c1ccccc1Cl. The molecule has 2 atom stereocenters. The summed E-state index contributed by atoms with van der Waals surface area (Å²) in [5, 5.41) is 3.80. The van der Waals surface area contributed by atoms with Crippen molar-refractivity contribution in [3.8, 4) is 0 Å². The van der Waals surface area contributed by atoms with Crippen LogP contribution in [-0.4, -0.2) is 18.5 Å². The largest absolute Gasteiger partial charge is 0.360 e. The molecule has 0 radical (unpaired) electrons. The summed E-state index contributed by atoms with van der Waals surface area (Å²) in [7, 11) is 0. The van der Waals surface area contributed by atoms with Crippen molar-refractivity contribution in [1.82, 2.24) is 5.32 Å². The number of amides is 1. The molecule has 1 aliphatic rings. The molecule has 4 heteroatoms. The number of carbonyl (C=O) groups excluding carboxylic acids is 1. The minimum Gasteiger partial charge on any atom is -0.360 e. The normalized spacial score (nSPS) is 18.7. The zero-order valence-electron chi connectivity index (χ0n) is 13.2. The quantitative estimate of drug-likeness (QED) is 0.912. The minimum atomic E-state index is -0.109. The van der Waals surface area contributed by atoms with E-state index in [0.29, 0.717) is 5.02 Å². The Bertz CT molecular complexity index is 674. The molecular weight excluding hydrogens is 308 g/mol. The first-order valence-electron chi connectivity index (χ1n) is 8.03. The van der Waals surface area contributed by atoms with E-state index in [2.05, 4.69) is 22.3 Å². The van der Waals surface area contributed by atoms with Gasteiger partial charge in [-0.3, -0.25) is 4.79 Å². The summed E-state index contributed by atoms with van der Waals surface area (Å²) in [6, 6.07) is 17.6. The fourth-order valence-corrected chi connectivity index (χ4v) is 3.48. The first-order chi connectivity index (χ1) is 11.2.